The predicted molar refractivity (Wildman–Crippen MR) is 68.6 cm³/mol. The molecular weight excluding hydrogens is 238 g/mol. The van der Waals surface area contributed by atoms with Gasteiger partial charge in [-0.25, -0.2) is 8.42 Å². The Labute approximate surface area is 102 Å². The minimum Gasteiger partial charge on any atom is -0.497 e. The van der Waals surface area contributed by atoms with Gasteiger partial charge in [-0.05, 0) is 30.2 Å². The quantitative estimate of drug-likeness (QED) is 0.808. The lowest BCUT2D eigenvalue weighted by atomic mass is 10.1. The third-order valence-electron chi connectivity index (χ3n) is 3.01. The van der Waals surface area contributed by atoms with E-state index in [4.69, 9.17) is 4.74 Å². The minimum absolute atomic E-state index is 0.207. The van der Waals surface area contributed by atoms with Gasteiger partial charge in [0.05, 0.1) is 12.9 Å². The smallest absolute Gasteiger partial charge is 0.149 e. The lowest BCUT2D eigenvalue weighted by Crippen LogP contribution is -2.27. The van der Waals surface area contributed by atoms with E-state index in [2.05, 4.69) is 4.90 Å². The number of anilines is 1. The molecule has 94 valence electrons. The first-order valence-electron chi connectivity index (χ1n) is 5.59. The van der Waals surface area contributed by atoms with E-state index in [0.717, 1.165) is 24.4 Å². The van der Waals surface area contributed by atoms with E-state index in [1.165, 1.54) is 11.8 Å². The summed E-state index contributed by atoms with van der Waals surface area (Å²) in [5, 5.41) is 0. The maximum Gasteiger partial charge on any atom is 0.149 e. The van der Waals surface area contributed by atoms with Gasteiger partial charge in [0.2, 0.25) is 0 Å². The molecule has 2 rings (SSSR count). The molecule has 0 atom stereocenters. The van der Waals surface area contributed by atoms with E-state index in [1.54, 1.807) is 7.11 Å². The summed E-state index contributed by atoms with van der Waals surface area (Å²) in [6.45, 7) is 1.45. The van der Waals surface area contributed by atoms with E-state index in [1.807, 2.05) is 18.2 Å². The highest BCUT2D eigenvalue weighted by molar-refractivity contribution is 7.90. The number of hydrogen-bond donors (Lipinski definition) is 0. The van der Waals surface area contributed by atoms with Gasteiger partial charge in [-0.3, -0.25) is 0 Å². The van der Waals surface area contributed by atoms with Gasteiger partial charge in [0.1, 0.15) is 15.6 Å². The third kappa shape index (κ3) is 2.91. The first-order valence-corrected chi connectivity index (χ1v) is 7.65. The van der Waals surface area contributed by atoms with Crippen LogP contribution in [0.2, 0.25) is 0 Å². The van der Waals surface area contributed by atoms with Crippen molar-refractivity contribution in [1.82, 2.24) is 0 Å². The average molecular weight is 255 g/mol. The Balaban J connectivity index is 2.12. The molecule has 0 aliphatic carbocycles. The van der Waals surface area contributed by atoms with E-state index in [9.17, 15) is 8.42 Å². The molecule has 0 N–H and O–H groups in total. The van der Waals surface area contributed by atoms with Crippen molar-refractivity contribution in [3.63, 3.8) is 0 Å². The first-order chi connectivity index (χ1) is 7.99. The van der Waals surface area contributed by atoms with Gasteiger partial charge in [0.15, 0.2) is 0 Å². The van der Waals surface area contributed by atoms with Crippen molar-refractivity contribution >= 4 is 15.5 Å². The third-order valence-corrected chi connectivity index (χ3v) is 3.93. The summed E-state index contributed by atoms with van der Waals surface area (Å²) >= 11 is 0. The number of nitrogens with zero attached hydrogens (tertiary/aromatic N) is 1. The summed E-state index contributed by atoms with van der Waals surface area (Å²) in [6, 6.07) is 5.94. The number of ether oxygens (including phenoxy) is 1. The normalized spacial score (nSPS) is 14.8. The molecule has 4 nitrogen and oxygen atoms in total. The second-order valence-corrected chi connectivity index (χ2v) is 6.62. The summed E-state index contributed by atoms with van der Waals surface area (Å²) in [5.41, 5.74) is 2.37. The Hall–Kier alpha value is -1.23. The van der Waals surface area contributed by atoms with Gasteiger partial charge in [0, 0.05) is 25.0 Å². The van der Waals surface area contributed by atoms with Crippen molar-refractivity contribution in [2.75, 3.05) is 37.1 Å². The van der Waals surface area contributed by atoms with Crippen molar-refractivity contribution in [2.24, 2.45) is 0 Å². The van der Waals surface area contributed by atoms with E-state index >= 15 is 0 Å². The highest BCUT2D eigenvalue weighted by atomic mass is 32.2. The largest absolute Gasteiger partial charge is 0.497 e. The van der Waals surface area contributed by atoms with Crippen LogP contribution in [-0.4, -0.2) is 40.6 Å². The fraction of sp³-hybridized carbons (Fsp3) is 0.500. The molecule has 0 saturated carbocycles. The molecule has 1 aromatic carbocycles. The first kappa shape index (κ1) is 12.2. The van der Waals surface area contributed by atoms with Gasteiger partial charge in [-0.15, -0.1) is 0 Å². The van der Waals surface area contributed by atoms with Gasteiger partial charge in [-0.2, -0.15) is 0 Å². The number of sulfone groups is 1. The van der Waals surface area contributed by atoms with Crippen LogP contribution >= 0.6 is 0 Å². The fourth-order valence-electron chi connectivity index (χ4n) is 2.08. The predicted octanol–water partition coefficient (Wildman–Crippen LogP) is 1.10. The maximum atomic E-state index is 11.2. The van der Waals surface area contributed by atoms with Crippen molar-refractivity contribution in [3.05, 3.63) is 23.8 Å². The lowest BCUT2D eigenvalue weighted by molar-refractivity contribution is 0.414. The van der Waals surface area contributed by atoms with Gasteiger partial charge in [0.25, 0.3) is 0 Å². The Morgan fingerprint density at radius 1 is 1.41 bits per heavy atom. The highest BCUT2D eigenvalue weighted by Crippen LogP contribution is 2.30. The molecule has 1 aliphatic rings. The van der Waals surface area contributed by atoms with Crippen LogP contribution < -0.4 is 9.64 Å². The van der Waals surface area contributed by atoms with E-state index < -0.39 is 9.84 Å². The standard InChI is InChI=1S/C12H17NO3S/c1-16-11-3-4-12-10(9-11)5-6-13(12)7-8-17(2,14)15/h3-4,9H,5-8H2,1-2H3. The Bertz CT molecular complexity index is 510. The fourth-order valence-corrected chi connectivity index (χ4v) is 2.63. The molecule has 0 aromatic heterocycles. The van der Waals surface area contributed by atoms with Crippen LogP contribution in [0, 0.1) is 0 Å². The molecule has 0 amide bonds. The second-order valence-electron chi connectivity index (χ2n) is 4.36. The van der Waals surface area contributed by atoms with Crippen LogP contribution in [0.1, 0.15) is 5.56 Å². The second kappa shape index (κ2) is 4.56. The van der Waals surface area contributed by atoms with Crippen molar-refractivity contribution < 1.29 is 13.2 Å². The summed E-state index contributed by atoms with van der Waals surface area (Å²) in [4.78, 5) is 2.12. The summed E-state index contributed by atoms with van der Waals surface area (Å²) in [5.74, 6) is 1.06. The highest BCUT2D eigenvalue weighted by Gasteiger charge is 2.20. The number of benzene rings is 1. The molecule has 17 heavy (non-hydrogen) atoms. The van der Waals surface area contributed by atoms with Crippen LogP contribution in [0.5, 0.6) is 5.75 Å². The van der Waals surface area contributed by atoms with Crippen LogP contribution in [0.4, 0.5) is 5.69 Å². The maximum absolute atomic E-state index is 11.2. The van der Waals surface area contributed by atoms with E-state index in [-0.39, 0.29) is 5.75 Å². The number of rotatable bonds is 4. The van der Waals surface area contributed by atoms with Gasteiger partial charge in [-0.1, -0.05) is 0 Å². The zero-order valence-corrected chi connectivity index (χ0v) is 11.0. The molecule has 0 fully saturated rings. The molecule has 1 aromatic rings. The zero-order chi connectivity index (χ0) is 12.5. The molecule has 0 radical (unpaired) electrons. The van der Waals surface area contributed by atoms with Crippen LogP contribution in [0.25, 0.3) is 0 Å². The Morgan fingerprint density at radius 2 is 2.18 bits per heavy atom. The monoisotopic (exact) mass is 255 g/mol. The molecule has 0 bridgehead atoms. The summed E-state index contributed by atoms with van der Waals surface area (Å²) < 4.78 is 27.5. The van der Waals surface area contributed by atoms with Crippen molar-refractivity contribution in [2.45, 2.75) is 6.42 Å². The molecule has 0 unspecified atom stereocenters. The molecule has 5 heteroatoms. The van der Waals surface area contributed by atoms with Crippen molar-refractivity contribution in [1.29, 1.82) is 0 Å². The van der Waals surface area contributed by atoms with Gasteiger partial charge < -0.3 is 9.64 Å². The minimum atomic E-state index is -2.89. The summed E-state index contributed by atoms with van der Waals surface area (Å²) in [7, 11) is -1.24. The Morgan fingerprint density at radius 3 is 2.82 bits per heavy atom. The molecule has 1 aliphatic heterocycles. The van der Waals surface area contributed by atoms with Crippen LogP contribution in [0.15, 0.2) is 18.2 Å². The molecular formula is C12H17NO3S. The van der Waals surface area contributed by atoms with E-state index in [0.29, 0.717) is 6.54 Å². The average Bonchev–Trinajstić information content (AvgIpc) is 2.67. The zero-order valence-electron chi connectivity index (χ0n) is 10.1. The van der Waals surface area contributed by atoms with Crippen molar-refractivity contribution in [3.8, 4) is 5.75 Å². The SMILES string of the molecule is COc1ccc2c(c1)CCN2CCS(C)(=O)=O. The van der Waals surface area contributed by atoms with Crippen LogP contribution in [0.3, 0.4) is 0 Å². The topological polar surface area (TPSA) is 46.6 Å². The molecule has 0 saturated heterocycles. The molecule has 0 spiro atoms. The number of hydrogen-bond acceptors (Lipinski definition) is 4. The Kier molecular flexibility index (Phi) is 3.28. The number of fused-ring (bicyclic) bond motifs is 1. The number of methoxy groups -OCH3 is 1. The summed E-state index contributed by atoms with van der Waals surface area (Å²) in [6.07, 6.45) is 2.23. The van der Waals surface area contributed by atoms with Crippen LogP contribution in [-0.2, 0) is 16.3 Å². The lowest BCUT2D eigenvalue weighted by Gasteiger charge is -2.18. The molecule has 1 heterocycles. The van der Waals surface area contributed by atoms with Gasteiger partial charge >= 0.3 is 0 Å².